The van der Waals surface area contributed by atoms with Crippen LogP contribution < -0.4 is 5.32 Å². The van der Waals surface area contributed by atoms with Gasteiger partial charge in [-0.3, -0.25) is 4.79 Å². The van der Waals surface area contributed by atoms with Crippen molar-refractivity contribution in [1.29, 1.82) is 0 Å². The number of carbonyl (C=O) groups is 2. The Labute approximate surface area is 131 Å². The molecule has 0 aliphatic carbocycles. The molecule has 0 aliphatic heterocycles. The van der Waals surface area contributed by atoms with E-state index in [9.17, 15) is 9.59 Å². The second-order valence-electron chi connectivity index (χ2n) is 5.36. The molecule has 0 unspecified atom stereocenters. The Hall–Kier alpha value is -1.44. The molecular weight excluding hydrogens is 290 g/mol. The molecule has 0 aromatic heterocycles. The fraction of sp³-hybridized carbons (Fsp3) is 0.733. The minimum atomic E-state index is -0.501. The topological polar surface area (TPSA) is 83.1 Å². The number of esters is 1. The average molecular weight is 317 g/mol. The van der Waals surface area contributed by atoms with Crippen molar-refractivity contribution in [2.24, 2.45) is 0 Å². The minimum Gasteiger partial charge on any atom is -0.458 e. The number of hydrogen-bond donors (Lipinski definition) is 1. The first kappa shape index (κ1) is 20.6. The van der Waals surface area contributed by atoms with E-state index < -0.39 is 11.6 Å². The Bertz CT molecular complexity index is 337. The van der Waals surface area contributed by atoms with Crippen molar-refractivity contribution in [3.8, 4) is 0 Å². The van der Waals surface area contributed by atoms with Crippen molar-refractivity contribution < 1.29 is 28.5 Å². The summed E-state index contributed by atoms with van der Waals surface area (Å²) in [4.78, 5) is 22.1. The maximum absolute atomic E-state index is 11.3. The van der Waals surface area contributed by atoms with Gasteiger partial charge in [-0.25, -0.2) is 4.79 Å². The highest BCUT2D eigenvalue weighted by Gasteiger charge is 2.15. The number of ether oxygens (including phenoxy) is 4. The first-order valence-electron chi connectivity index (χ1n) is 7.20. The summed E-state index contributed by atoms with van der Waals surface area (Å²) in [5.74, 6) is -0.612. The van der Waals surface area contributed by atoms with E-state index in [-0.39, 0.29) is 12.5 Å². The highest BCUT2D eigenvalue weighted by Crippen LogP contribution is 2.06. The van der Waals surface area contributed by atoms with Crippen LogP contribution in [0.2, 0.25) is 0 Å². The number of hydrogen-bond acceptors (Lipinski definition) is 6. The standard InChI is InChI=1S/C15H27NO6/c1-5-13(17)16-6-7-19-8-9-20-10-11-21-12-14(18)22-15(2,3)4/h5H,1,6-12H2,2-4H3,(H,16,17). The van der Waals surface area contributed by atoms with Gasteiger partial charge in [0.15, 0.2) is 0 Å². The molecule has 0 aliphatic rings. The van der Waals surface area contributed by atoms with E-state index in [0.717, 1.165) is 0 Å². The van der Waals surface area contributed by atoms with Gasteiger partial charge in [0.05, 0.1) is 33.0 Å². The van der Waals surface area contributed by atoms with Gasteiger partial charge >= 0.3 is 5.97 Å². The first-order valence-corrected chi connectivity index (χ1v) is 7.20. The summed E-state index contributed by atoms with van der Waals surface area (Å²) in [6, 6.07) is 0. The van der Waals surface area contributed by atoms with E-state index >= 15 is 0 Å². The van der Waals surface area contributed by atoms with Gasteiger partial charge < -0.3 is 24.3 Å². The van der Waals surface area contributed by atoms with Crippen LogP contribution in [-0.4, -0.2) is 63.7 Å². The third-order valence-electron chi connectivity index (χ3n) is 2.11. The van der Waals surface area contributed by atoms with E-state index in [1.807, 2.05) is 0 Å². The largest absolute Gasteiger partial charge is 0.458 e. The molecule has 128 valence electrons. The van der Waals surface area contributed by atoms with Crippen LogP contribution in [0.3, 0.4) is 0 Å². The number of amides is 1. The molecular formula is C15H27NO6. The molecule has 0 spiro atoms. The maximum atomic E-state index is 11.3. The molecule has 0 aromatic carbocycles. The van der Waals surface area contributed by atoms with Gasteiger partial charge in [-0.2, -0.15) is 0 Å². The monoisotopic (exact) mass is 317 g/mol. The molecule has 22 heavy (non-hydrogen) atoms. The number of carbonyl (C=O) groups excluding carboxylic acids is 2. The molecule has 0 saturated carbocycles. The van der Waals surface area contributed by atoms with Crippen molar-refractivity contribution in [2.75, 3.05) is 46.2 Å². The lowest BCUT2D eigenvalue weighted by Crippen LogP contribution is -2.27. The van der Waals surface area contributed by atoms with Gasteiger partial charge in [0, 0.05) is 6.54 Å². The molecule has 0 rings (SSSR count). The predicted octanol–water partition coefficient (Wildman–Crippen LogP) is 0.680. The van der Waals surface area contributed by atoms with E-state index in [4.69, 9.17) is 18.9 Å². The summed E-state index contributed by atoms with van der Waals surface area (Å²) in [6.07, 6.45) is 1.21. The lowest BCUT2D eigenvalue weighted by Gasteiger charge is -2.19. The zero-order chi connectivity index (χ0) is 16.8. The van der Waals surface area contributed by atoms with E-state index in [1.165, 1.54) is 6.08 Å². The van der Waals surface area contributed by atoms with Crippen molar-refractivity contribution >= 4 is 11.9 Å². The number of rotatable bonds is 12. The quantitative estimate of drug-likeness (QED) is 0.324. The van der Waals surface area contributed by atoms with Gasteiger partial charge in [0.1, 0.15) is 12.2 Å². The molecule has 1 N–H and O–H groups in total. The summed E-state index contributed by atoms with van der Waals surface area (Å²) in [7, 11) is 0. The molecule has 1 amide bonds. The Morgan fingerprint density at radius 1 is 1.00 bits per heavy atom. The minimum absolute atomic E-state index is 0.0832. The van der Waals surface area contributed by atoms with E-state index in [2.05, 4.69) is 11.9 Å². The molecule has 0 saturated heterocycles. The van der Waals surface area contributed by atoms with Crippen LogP contribution in [-0.2, 0) is 28.5 Å². The molecule has 0 atom stereocenters. The highest BCUT2D eigenvalue weighted by molar-refractivity contribution is 5.86. The van der Waals surface area contributed by atoms with Crippen molar-refractivity contribution in [2.45, 2.75) is 26.4 Å². The van der Waals surface area contributed by atoms with E-state index in [1.54, 1.807) is 20.8 Å². The fourth-order valence-electron chi connectivity index (χ4n) is 1.28. The van der Waals surface area contributed by atoms with Crippen molar-refractivity contribution in [1.82, 2.24) is 5.32 Å². The third-order valence-corrected chi connectivity index (χ3v) is 2.11. The van der Waals surface area contributed by atoms with Crippen LogP contribution >= 0.6 is 0 Å². The zero-order valence-corrected chi connectivity index (χ0v) is 13.7. The van der Waals surface area contributed by atoms with Gasteiger partial charge in [0.2, 0.25) is 5.91 Å². The Kier molecular flexibility index (Phi) is 11.3. The second kappa shape index (κ2) is 12.1. The average Bonchev–Trinajstić information content (AvgIpc) is 2.42. The Morgan fingerprint density at radius 3 is 2.09 bits per heavy atom. The summed E-state index contributed by atoms with van der Waals surface area (Å²) in [6.45, 7) is 11.0. The SMILES string of the molecule is C=CC(=O)NCCOCCOCCOCC(=O)OC(C)(C)C. The number of nitrogens with one attached hydrogen (secondary N) is 1. The summed E-state index contributed by atoms with van der Waals surface area (Å²) >= 11 is 0. The van der Waals surface area contributed by atoms with Crippen LogP contribution in [0.25, 0.3) is 0 Å². The Balaban J connectivity index is 3.25. The van der Waals surface area contributed by atoms with Crippen LogP contribution in [0, 0.1) is 0 Å². The summed E-state index contributed by atoms with van der Waals surface area (Å²) in [5, 5.41) is 2.59. The molecule has 0 aromatic rings. The van der Waals surface area contributed by atoms with Crippen molar-refractivity contribution in [3.63, 3.8) is 0 Å². The lowest BCUT2D eigenvalue weighted by atomic mass is 10.2. The fourth-order valence-corrected chi connectivity index (χ4v) is 1.28. The molecule has 0 fully saturated rings. The smallest absolute Gasteiger partial charge is 0.332 e. The summed E-state index contributed by atoms with van der Waals surface area (Å²) in [5.41, 5.74) is -0.501. The molecule has 0 bridgehead atoms. The van der Waals surface area contributed by atoms with Gasteiger partial charge in [-0.1, -0.05) is 6.58 Å². The first-order chi connectivity index (χ1) is 10.3. The van der Waals surface area contributed by atoms with E-state index in [0.29, 0.717) is 39.6 Å². The zero-order valence-electron chi connectivity index (χ0n) is 13.7. The third kappa shape index (κ3) is 15.0. The lowest BCUT2D eigenvalue weighted by molar-refractivity contribution is -0.160. The van der Waals surface area contributed by atoms with Gasteiger partial charge in [-0.15, -0.1) is 0 Å². The van der Waals surface area contributed by atoms with Gasteiger partial charge in [0.25, 0.3) is 0 Å². The molecule has 7 nitrogen and oxygen atoms in total. The van der Waals surface area contributed by atoms with Gasteiger partial charge in [-0.05, 0) is 26.8 Å². The molecule has 0 radical (unpaired) electrons. The highest BCUT2D eigenvalue weighted by atomic mass is 16.6. The normalized spacial score (nSPS) is 11.0. The van der Waals surface area contributed by atoms with Crippen molar-refractivity contribution in [3.05, 3.63) is 12.7 Å². The Morgan fingerprint density at radius 2 is 1.55 bits per heavy atom. The molecule has 7 heteroatoms. The van der Waals surface area contributed by atoms with Crippen LogP contribution in [0.5, 0.6) is 0 Å². The predicted molar refractivity (Wildman–Crippen MR) is 81.5 cm³/mol. The summed E-state index contributed by atoms with van der Waals surface area (Å²) < 4.78 is 20.7. The molecule has 0 heterocycles. The van der Waals surface area contributed by atoms with Crippen LogP contribution in [0.15, 0.2) is 12.7 Å². The maximum Gasteiger partial charge on any atom is 0.332 e. The van der Waals surface area contributed by atoms with Crippen LogP contribution in [0.1, 0.15) is 20.8 Å². The second-order valence-corrected chi connectivity index (χ2v) is 5.36. The van der Waals surface area contributed by atoms with Crippen LogP contribution in [0.4, 0.5) is 0 Å².